The van der Waals surface area contributed by atoms with Crippen molar-refractivity contribution in [3.05, 3.63) is 66.1 Å². The molecule has 2 heterocycles. The maximum Gasteiger partial charge on any atom is 0.205 e. The molecule has 0 aliphatic rings. The van der Waals surface area contributed by atoms with Crippen molar-refractivity contribution in [2.24, 2.45) is 0 Å². The second-order valence-corrected chi connectivity index (χ2v) is 8.27. The number of fused-ring (bicyclic) bond motifs is 3. The highest BCUT2D eigenvalue weighted by atomic mass is 31.2. The molecule has 0 N–H and O–H groups in total. The number of methoxy groups -OCH3 is 1. The van der Waals surface area contributed by atoms with Crippen LogP contribution in [0.4, 0.5) is 4.39 Å². The highest BCUT2D eigenvalue weighted by molar-refractivity contribution is 7.56. The van der Waals surface area contributed by atoms with Crippen molar-refractivity contribution in [2.75, 3.05) is 20.3 Å². The van der Waals surface area contributed by atoms with E-state index in [-0.39, 0.29) is 11.6 Å². The van der Waals surface area contributed by atoms with Crippen LogP contribution in [0.2, 0.25) is 0 Å². The summed E-state index contributed by atoms with van der Waals surface area (Å²) < 4.78 is 33.2. The van der Waals surface area contributed by atoms with E-state index in [1.54, 1.807) is 12.3 Å². The summed E-state index contributed by atoms with van der Waals surface area (Å²) in [7, 11) is 0.405. The smallest absolute Gasteiger partial charge is 0.205 e. The molecule has 0 saturated heterocycles. The summed E-state index contributed by atoms with van der Waals surface area (Å²) >= 11 is 0. The van der Waals surface area contributed by atoms with E-state index >= 15 is 0 Å². The van der Waals surface area contributed by atoms with Crippen molar-refractivity contribution in [1.29, 1.82) is 0 Å². The Balaban J connectivity index is 1.73. The van der Waals surface area contributed by atoms with Crippen molar-refractivity contribution < 1.29 is 18.2 Å². The van der Waals surface area contributed by atoms with Crippen LogP contribution in [0, 0.1) is 5.82 Å². The Kier molecular flexibility index (Phi) is 6.28. The fourth-order valence-electron chi connectivity index (χ4n) is 3.56. The first kappa shape index (κ1) is 20.7. The van der Waals surface area contributed by atoms with Crippen LogP contribution >= 0.6 is 8.38 Å². The van der Waals surface area contributed by atoms with Crippen molar-refractivity contribution >= 4 is 35.6 Å². The molecule has 0 unspecified atom stereocenters. The van der Waals surface area contributed by atoms with Crippen molar-refractivity contribution in [3.63, 3.8) is 0 Å². The Morgan fingerprint density at radius 2 is 1.73 bits per heavy atom. The van der Waals surface area contributed by atoms with Gasteiger partial charge in [-0.15, -0.1) is 0 Å². The van der Waals surface area contributed by atoms with E-state index in [1.165, 1.54) is 13.2 Å². The molecule has 0 amide bonds. The number of ether oxygens (including phenoxy) is 1. The third-order valence-corrected chi connectivity index (χ3v) is 6.58. The summed E-state index contributed by atoms with van der Waals surface area (Å²) in [6.45, 7) is 5.74. The van der Waals surface area contributed by atoms with Crippen molar-refractivity contribution in [1.82, 2.24) is 9.55 Å². The third kappa shape index (κ3) is 3.91. The summed E-state index contributed by atoms with van der Waals surface area (Å²) in [5.41, 5.74) is 3.67. The van der Waals surface area contributed by atoms with Gasteiger partial charge in [0.2, 0.25) is 8.38 Å². The minimum Gasteiger partial charge on any atom is -0.494 e. The molecule has 4 aromatic rings. The molecule has 4 rings (SSSR count). The lowest BCUT2D eigenvalue weighted by atomic mass is 10.2. The Labute approximate surface area is 176 Å². The van der Waals surface area contributed by atoms with Gasteiger partial charge in [-0.1, -0.05) is 12.1 Å². The van der Waals surface area contributed by atoms with Gasteiger partial charge in [-0.25, -0.2) is 4.39 Å². The van der Waals surface area contributed by atoms with Crippen LogP contribution in [0.15, 0.2) is 54.7 Å². The summed E-state index contributed by atoms with van der Waals surface area (Å²) in [5.74, 6) is -0.166. The molecule has 0 aliphatic heterocycles. The third-order valence-electron chi connectivity index (χ3n) is 4.87. The molecule has 0 radical (unpaired) electrons. The second kappa shape index (κ2) is 9.09. The van der Waals surface area contributed by atoms with Gasteiger partial charge in [0.05, 0.1) is 36.9 Å². The van der Waals surface area contributed by atoms with Gasteiger partial charge >= 0.3 is 0 Å². The Morgan fingerprint density at radius 3 is 2.40 bits per heavy atom. The van der Waals surface area contributed by atoms with Gasteiger partial charge in [-0.3, -0.25) is 4.98 Å². The second-order valence-electron chi connectivity index (χ2n) is 6.72. The number of halogens is 1. The lowest BCUT2D eigenvalue weighted by Gasteiger charge is -2.16. The van der Waals surface area contributed by atoms with Gasteiger partial charge in [0.1, 0.15) is 0 Å². The zero-order valence-corrected chi connectivity index (χ0v) is 18.2. The maximum absolute atomic E-state index is 14.5. The lowest BCUT2D eigenvalue weighted by molar-refractivity contribution is 0.277. The monoisotopic (exact) mass is 426 g/mol. The van der Waals surface area contributed by atoms with Crippen LogP contribution in [0.1, 0.15) is 19.4 Å². The number of benzene rings is 2. The largest absolute Gasteiger partial charge is 0.494 e. The standard InChI is InChI=1S/C23H24FN2O3P/c1-4-28-30(29-5-2)17-10-8-16(9-11-17)15-26-20-7-6-12-25-23(20)18-13-22(27-3)19(24)14-21(18)26/h6-14H,4-5,15H2,1-3H3. The van der Waals surface area contributed by atoms with Gasteiger partial charge in [0, 0.05) is 29.5 Å². The quantitative estimate of drug-likeness (QED) is 0.354. The first-order chi connectivity index (χ1) is 14.7. The van der Waals surface area contributed by atoms with E-state index in [0.29, 0.717) is 19.8 Å². The van der Waals surface area contributed by atoms with Crippen molar-refractivity contribution in [3.8, 4) is 5.75 Å². The Bertz CT molecular complexity index is 1150. The molecule has 2 aromatic carbocycles. The van der Waals surface area contributed by atoms with Crippen LogP contribution in [-0.2, 0) is 15.6 Å². The number of hydrogen-bond donors (Lipinski definition) is 0. The number of nitrogens with zero attached hydrogens (tertiary/aromatic N) is 2. The average Bonchev–Trinajstić information content (AvgIpc) is 3.06. The van der Waals surface area contributed by atoms with Gasteiger partial charge in [0.15, 0.2) is 11.6 Å². The first-order valence-corrected chi connectivity index (χ1v) is 11.1. The average molecular weight is 426 g/mol. The molecule has 0 saturated carbocycles. The van der Waals surface area contributed by atoms with Gasteiger partial charge in [-0.05, 0) is 49.7 Å². The molecular formula is C23H24FN2O3P. The molecular weight excluding hydrogens is 402 g/mol. The molecule has 5 nitrogen and oxygen atoms in total. The highest BCUT2D eigenvalue weighted by Crippen LogP contribution is 2.37. The zero-order chi connectivity index (χ0) is 21.1. The minimum atomic E-state index is -1.07. The van der Waals surface area contributed by atoms with E-state index in [1.807, 2.05) is 38.1 Å². The zero-order valence-electron chi connectivity index (χ0n) is 17.3. The SMILES string of the molecule is CCOP(OCC)c1ccc(Cn2c3cc(F)c(OC)cc3c3ncccc32)cc1. The number of rotatable bonds is 8. The summed E-state index contributed by atoms with van der Waals surface area (Å²) in [6.07, 6.45) is 1.75. The summed E-state index contributed by atoms with van der Waals surface area (Å²) in [6, 6.07) is 15.4. The Hall–Kier alpha value is -2.53. The predicted octanol–water partition coefficient (Wildman–Crippen LogP) is 5.40. The topological polar surface area (TPSA) is 45.5 Å². The fourth-order valence-corrected chi connectivity index (χ4v) is 4.80. The summed E-state index contributed by atoms with van der Waals surface area (Å²) in [4.78, 5) is 4.53. The van der Waals surface area contributed by atoms with Crippen LogP contribution in [-0.4, -0.2) is 29.9 Å². The Morgan fingerprint density at radius 1 is 1.00 bits per heavy atom. The molecule has 0 aliphatic carbocycles. The molecule has 7 heteroatoms. The summed E-state index contributed by atoms with van der Waals surface area (Å²) in [5, 5.41) is 1.91. The number of aromatic nitrogens is 2. The van der Waals surface area contributed by atoms with E-state index in [2.05, 4.69) is 21.7 Å². The molecule has 0 bridgehead atoms. The lowest BCUT2D eigenvalue weighted by Crippen LogP contribution is -2.07. The number of hydrogen-bond acceptors (Lipinski definition) is 4. The van der Waals surface area contributed by atoms with Crippen LogP contribution < -0.4 is 10.0 Å². The normalized spacial score (nSPS) is 11.6. The van der Waals surface area contributed by atoms with E-state index in [4.69, 9.17) is 13.8 Å². The predicted molar refractivity (Wildman–Crippen MR) is 119 cm³/mol. The number of pyridine rings is 1. The molecule has 0 fully saturated rings. The molecule has 2 aromatic heterocycles. The van der Waals surface area contributed by atoms with Crippen LogP contribution in [0.25, 0.3) is 21.9 Å². The van der Waals surface area contributed by atoms with Gasteiger partial charge < -0.3 is 18.4 Å². The minimum absolute atomic E-state index is 0.219. The van der Waals surface area contributed by atoms with E-state index < -0.39 is 8.38 Å². The molecule has 30 heavy (non-hydrogen) atoms. The van der Waals surface area contributed by atoms with E-state index in [9.17, 15) is 4.39 Å². The van der Waals surface area contributed by atoms with Crippen LogP contribution in [0.5, 0.6) is 5.75 Å². The fraction of sp³-hybridized carbons (Fsp3) is 0.261. The van der Waals surface area contributed by atoms with Crippen LogP contribution in [0.3, 0.4) is 0 Å². The van der Waals surface area contributed by atoms with E-state index in [0.717, 1.165) is 32.8 Å². The molecule has 0 spiro atoms. The first-order valence-electron chi connectivity index (χ1n) is 9.91. The highest BCUT2D eigenvalue weighted by Gasteiger charge is 2.17. The van der Waals surface area contributed by atoms with Gasteiger partial charge in [0.25, 0.3) is 0 Å². The van der Waals surface area contributed by atoms with Gasteiger partial charge in [-0.2, -0.15) is 0 Å². The van der Waals surface area contributed by atoms with Crippen molar-refractivity contribution in [2.45, 2.75) is 20.4 Å². The molecule has 0 atom stereocenters. The molecule has 156 valence electrons. The maximum atomic E-state index is 14.5.